The molecule has 2 aliphatic heterocycles. The van der Waals surface area contributed by atoms with E-state index in [4.69, 9.17) is 5.73 Å². The van der Waals surface area contributed by atoms with E-state index in [9.17, 15) is 19.2 Å². The van der Waals surface area contributed by atoms with Crippen LogP contribution in [0.4, 0.5) is 15.8 Å². The Hall–Kier alpha value is -4.18. The molecule has 3 aliphatic rings. The van der Waals surface area contributed by atoms with Gasteiger partial charge in [-0.05, 0) is 31.0 Å². The van der Waals surface area contributed by atoms with Gasteiger partial charge in [0.1, 0.15) is 23.1 Å². The molecule has 1 atom stereocenters. The number of halogens is 1. The highest BCUT2D eigenvalue weighted by Gasteiger charge is 2.62. The maximum Gasteiger partial charge on any atom is 0.248 e. The third-order valence-corrected chi connectivity index (χ3v) is 6.58. The van der Waals surface area contributed by atoms with Crippen LogP contribution < -0.4 is 15.5 Å². The Morgan fingerprint density at radius 1 is 1.12 bits per heavy atom. The fourth-order valence-corrected chi connectivity index (χ4v) is 5.35. The number of anilines is 2. The number of para-hydroxylation sites is 2. The molecule has 33 heavy (non-hydrogen) atoms. The second-order valence-corrected chi connectivity index (χ2v) is 8.23. The van der Waals surface area contributed by atoms with E-state index in [1.807, 2.05) is 0 Å². The first-order chi connectivity index (χ1) is 16.0. The number of carbonyl (C=O) groups is 2. The van der Waals surface area contributed by atoms with Crippen LogP contribution in [0.1, 0.15) is 24.8 Å². The molecule has 5 rings (SSSR count). The minimum absolute atomic E-state index is 0.0420. The van der Waals surface area contributed by atoms with Crippen LogP contribution in [-0.4, -0.2) is 18.2 Å². The Kier molecular flexibility index (Phi) is 4.68. The van der Waals surface area contributed by atoms with E-state index in [0.717, 1.165) is 0 Å². The highest BCUT2D eigenvalue weighted by Crippen LogP contribution is 2.56. The largest absolute Gasteiger partial charge is 0.384 e. The number of carbonyl (C=O) groups excluding carboxylic acids is 2. The van der Waals surface area contributed by atoms with Crippen LogP contribution in [0.2, 0.25) is 0 Å². The van der Waals surface area contributed by atoms with Gasteiger partial charge < -0.3 is 10.6 Å². The Balaban J connectivity index is 1.90. The number of allylic oxidation sites excluding steroid dienone is 1. The average Bonchev–Trinajstić information content (AvgIpc) is 3.05. The Bertz CT molecular complexity index is 1340. The van der Waals surface area contributed by atoms with Gasteiger partial charge in [-0.2, -0.15) is 5.26 Å². The minimum atomic E-state index is -1.66. The molecule has 1 spiro atoms. The van der Waals surface area contributed by atoms with E-state index >= 15 is 0 Å². The lowest BCUT2D eigenvalue weighted by Gasteiger charge is -2.43. The van der Waals surface area contributed by atoms with Crippen molar-refractivity contribution in [2.75, 3.05) is 16.3 Å². The van der Waals surface area contributed by atoms with E-state index in [1.165, 1.54) is 15.9 Å². The topological polar surface area (TPSA) is 90.4 Å². The third kappa shape index (κ3) is 2.58. The van der Waals surface area contributed by atoms with Crippen LogP contribution in [-0.2, 0) is 15.0 Å². The number of nitriles is 1. The molecule has 1 amide bonds. The van der Waals surface area contributed by atoms with E-state index in [0.29, 0.717) is 29.8 Å². The van der Waals surface area contributed by atoms with Gasteiger partial charge in [-0.25, -0.2) is 4.39 Å². The van der Waals surface area contributed by atoms with Gasteiger partial charge in [0, 0.05) is 35.5 Å². The third-order valence-electron chi connectivity index (χ3n) is 6.58. The average molecular weight is 440 g/mol. The van der Waals surface area contributed by atoms with Crippen molar-refractivity contribution in [3.63, 3.8) is 0 Å². The first kappa shape index (κ1) is 20.7. The van der Waals surface area contributed by atoms with Crippen LogP contribution in [0.3, 0.4) is 0 Å². The van der Waals surface area contributed by atoms with Gasteiger partial charge in [-0.1, -0.05) is 36.4 Å². The number of Topliss-reactive ketones (excluding diaryl/α,β-unsaturated/α-hetero) is 1. The van der Waals surface area contributed by atoms with Crippen molar-refractivity contribution in [1.82, 2.24) is 0 Å². The highest BCUT2D eigenvalue weighted by atomic mass is 19.1. The molecule has 0 saturated carbocycles. The smallest absolute Gasteiger partial charge is 0.248 e. The molecule has 2 aromatic rings. The molecule has 2 aromatic carbocycles. The molecule has 7 heteroatoms. The number of nitrogens with two attached hydrogens (primary N) is 1. The van der Waals surface area contributed by atoms with Gasteiger partial charge in [-0.15, -0.1) is 6.58 Å². The molecule has 1 aliphatic carbocycles. The molecule has 0 aromatic heterocycles. The Labute approximate surface area is 190 Å². The predicted octanol–water partition coefficient (Wildman–Crippen LogP) is 3.82. The zero-order valence-electron chi connectivity index (χ0n) is 17.8. The number of hydrogen-bond acceptors (Lipinski definition) is 5. The van der Waals surface area contributed by atoms with Crippen LogP contribution in [0.5, 0.6) is 0 Å². The van der Waals surface area contributed by atoms with Crippen molar-refractivity contribution in [1.29, 1.82) is 5.26 Å². The van der Waals surface area contributed by atoms with E-state index in [2.05, 4.69) is 12.6 Å². The van der Waals surface area contributed by atoms with E-state index in [1.54, 1.807) is 48.5 Å². The second kappa shape index (κ2) is 7.45. The first-order valence-electron chi connectivity index (χ1n) is 10.7. The van der Waals surface area contributed by atoms with Crippen molar-refractivity contribution < 1.29 is 14.0 Å². The number of nitrogens with zero attached hydrogens (tertiary/aromatic N) is 3. The van der Waals surface area contributed by atoms with Gasteiger partial charge in [0.05, 0.1) is 11.3 Å². The number of ketones is 1. The van der Waals surface area contributed by atoms with Gasteiger partial charge in [0.25, 0.3) is 0 Å². The summed E-state index contributed by atoms with van der Waals surface area (Å²) in [6, 6.07) is 15.3. The molecule has 0 bridgehead atoms. The fourth-order valence-electron chi connectivity index (χ4n) is 5.35. The summed E-state index contributed by atoms with van der Waals surface area (Å²) in [5.74, 6) is -1.23. The first-order valence-corrected chi connectivity index (χ1v) is 10.7. The van der Waals surface area contributed by atoms with Crippen molar-refractivity contribution >= 4 is 23.1 Å². The zero-order chi connectivity index (χ0) is 23.3. The lowest BCUT2D eigenvalue weighted by Crippen LogP contribution is -2.52. The second-order valence-electron chi connectivity index (χ2n) is 8.23. The number of fused-ring (bicyclic) bond motifs is 3. The molecule has 0 unspecified atom stereocenters. The summed E-state index contributed by atoms with van der Waals surface area (Å²) in [7, 11) is 0. The van der Waals surface area contributed by atoms with Crippen LogP contribution in [0.25, 0.3) is 0 Å². The summed E-state index contributed by atoms with van der Waals surface area (Å²) in [6.07, 6.45) is 2.80. The van der Waals surface area contributed by atoms with Crippen molar-refractivity contribution in [3.8, 4) is 6.07 Å². The Morgan fingerprint density at radius 2 is 1.82 bits per heavy atom. The molecular weight excluding hydrogens is 419 g/mol. The van der Waals surface area contributed by atoms with Crippen LogP contribution in [0, 0.1) is 17.1 Å². The molecule has 0 saturated heterocycles. The molecule has 0 fully saturated rings. The van der Waals surface area contributed by atoms with Crippen LogP contribution >= 0.6 is 0 Å². The molecule has 2 heterocycles. The van der Waals surface area contributed by atoms with E-state index in [-0.39, 0.29) is 41.4 Å². The maximum absolute atomic E-state index is 14.9. The number of hydrogen-bond donors (Lipinski definition) is 1. The Morgan fingerprint density at radius 3 is 2.52 bits per heavy atom. The monoisotopic (exact) mass is 440 g/mol. The normalized spacial score (nSPS) is 21.9. The van der Waals surface area contributed by atoms with Crippen molar-refractivity contribution in [2.24, 2.45) is 5.73 Å². The van der Waals surface area contributed by atoms with Gasteiger partial charge in [-0.3, -0.25) is 14.5 Å². The quantitative estimate of drug-likeness (QED) is 0.733. The number of amides is 1. The van der Waals surface area contributed by atoms with E-state index < -0.39 is 17.1 Å². The zero-order valence-corrected chi connectivity index (χ0v) is 17.8. The summed E-state index contributed by atoms with van der Waals surface area (Å²) in [6.45, 7) is 3.96. The maximum atomic E-state index is 14.9. The van der Waals surface area contributed by atoms with Crippen LogP contribution in [0.15, 0.2) is 83.9 Å². The summed E-state index contributed by atoms with van der Waals surface area (Å²) >= 11 is 0. The summed E-state index contributed by atoms with van der Waals surface area (Å²) in [5.41, 5.74) is 6.80. The van der Waals surface area contributed by atoms with Gasteiger partial charge in [0.15, 0.2) is 5.78 Å². The van der Waals surface area contributed by atoms with Gasteiger partial charge >= 0.3 is 0 Å². The number of benzene rings is 2. The minimum Gasteiger partial charge on any atom is -0.384 e. The molecule has 6 nitrogen and oxygen atoms in total. The summed E-state index contributed by atoms with van der Waals surface area (Å²) in [4.78, 5) is 30.6. The standard InChI is InChI=1S/C26H21FN4O2/c1-2-14-30-19-10-5-3-8-16(19)26(25(30)33)17(15-28)24(29)31(20-11-6-4-9-18(20)27)21-12-7-13-22(32)23(21)26/h2-6,8-11H,1,7,12-14,29H2/t26-/m0/s1. The molecule has 2 N–H and O–H groups in total. The predicted molar refractivity (Wildman–Crippen MR) is 122 cm³/mol. The highest BCUT2D eigenvalue weighted by molar-refractivity contribution is 6.20. The molecular formula is C26H21FN4O2. The molecule has 0 radical (unpaired) electrons. The lowest BCUT2D eigenvalue weighted by atomic mass is 9.63. The number of rotatable bonds is 3. The van der Waals surface area contributed by atoms with Crippen molar-refractivity contribution in [3.05, 3.63) is 95.2 Å². The summed E-state index contributed by atoms with van der Waals surface area (Å²) < 4.78 is 14.9. The van der Waals surface area contributed by atoms with Gasteiger partial charge in [0.2, 0.25) is 5.91 Å². The SMILES string of the molecule is C=CCN1C(=O)[C@]2(C(C#N)=C(N)N(c3ccccc3F)C3=C2C(=O)CCC3)c2ccccc21. The summed E-state index contributed by atoms with van der Waals surface area (Å²) in [5, 5.41) is 10.3. The van der Waals surface area contributed by atoms with Crippen molar-refractivity contribution in [2.45, 2.75) is 24.7 Å². The lowest BCUT2D eigenvalue weighted by molar-refractivity contribution is -0.124. The molecule has 164 valence electrons. The fraction of sp³-hybridized carbons (Fsp3) is 0.192.